The number of allylic oxidation sites excluding steroid dienone is 1. The van der Waals surface area contributed by atoms with E-state index in [1.165, 1.54) is 102 Å². The van der Waals surface area contributed by atoms with Gasteiger partial charge in [-0.2, -0.15) is 0 Å². The number of nitrogens with zero attached hydrogens (tertiary/aromatic N) is 1. The van der Waals surface area contributed by atoms with Crippen molar-refractivity contribution in [1.29, 1.82) is 0 Å². The lowest BCUT2D eigenvalue weighted by Crippen LogP contribution is -2.53. The highest BCUT2D eigenvalue weighted by atomic mass is 16.6. The molecule has 4 aliphatic rings. The number of likely N-dealkylation sites (N-methyl/N-ethyl adjacent to an activating group) is 1. The number of aliphatic hydroxyl groups excluding tert-OH is 2. The predicted molar refractivity (Wildman–Crippen MR) is 249 cm³/mol. The Hall–Kier alpha value is -1.97. The summed E-state index contributed by atoms with van der Waals surface area (Å²) in [6.45, 7) is 15.3. The van der Waals surface area contributed by atoms with Crippen molar-refractivity contribution in [3.8, 4) is 0 Å². The van der Waals surface area contributed by atoms with Gasteiger partial charge in [0.05, 0.1) is 33.1 Å². The van der Waals surface area contributed by atoms with Crippen molar-refractivity contribution in [2.45, 2.75) is 214 Å². The van der Waals surface area contributed by atoms with Crippen molar-refractivity contribution in [3.05, 3.63) is 11.6 Å². The van der Waals surface area contributed by atoms with Gasteiger partial charge in [0.2, 0.25) is 0 Å². The van der Waals surface area contributed by atoms with Gasteiger partial charge in [0.25, 0.3) is 0 Å². The summed E-state index contributed by atoms with van der Waals surface area (Å²) in [4.78, 5) is 39.0. The number of carbonyl (C=O) groups excluding carboxylic acids is 3. The van der Waals surface area contributed by atoms with Crippen LogP contribution in [0.3, 0.4) is 0 Å². The standard InChI is InChI=1S/C53H94NO8/c1-8-9-10-11-12-13-14-15-16-17-18-22-50(58)62-44(38-54(7,33-35-55)34-36-56)39-60-49(57)27-28-51(59)61-43-29-31-52(5)42(37-43)23-24-45-47-26-25-46(41(4)21-19-20-40(2)3)53(47,6)32-30-48(45)52/h23,40-41,43-48,55-56H,8-22,24-39H2,1-7H3/q+1/t41-,43+,44?,45+,46-,47+,48+,52+,53-/m1/s1. The highest BCUT2D eigenvalue weighted by Gasteiger charge is 2.59. The van der Waals surface area contributed by atoms with Gasteiger partial charge in [-0.05, 0) is 97.7 Å². The normalized spacial score (nSPS) is 28.0. The first-order chi connectivity index (χ1) is 29.7. The fourth-order valence-electron chi connectivity index (χ4n) is 13.0. The van der Waals surface area contributed by atoms with Gasteiger partial charge in [-0.3, -0.25) is 14.4 Å². The highest BCUT2D eigenvalue weighted by Crippen LogP contribution is 2.67. The molecule has 0 amide bonds. The second-order valence-corrected chi connectivity index (χ2v) is 21.9. The zero-order chi connectivity index (χ0) is 45.2. The third-order valence-corrected chi connectivity index (χ3v) is 16.7. The second-order valence-electron chi connectivity index (χ2n) is 21.9. The van der Waals surface area contributed by atoms with Gasteiger partial charge in [-0.25, -0.2) is 0 Å². The van der Waals surface area contributed by atoms with Gasteiger partial charge in [0, 0.05) is 12.8 Å². The number of ether oxygens (including phenoxy) is 3. The summed E-state index contributed by atoms with van der Waals surface area (Å²) in [5.74, 6) is 3.49. The molecule has 3 fully saturated rings. The molecule has 0 aromatic carbocycles. The summed E-state index contributed by atoms with van der Waals surface area (Å²) in [6.07, 6.45) is 28.3. The SMILES string of the molecule is CCCCCCCCCCCCCC(=O)OC(COC(=O)CCC(=O)O[C@H]1CC[C@@]2(C)C(=CC[C@H]3[C@@H]4CC[C@H]([C@H](C)CCCC(C)C)[C@@]4(C)CC[C@@H]32)C1)C[N+](C)(CCO)CCO. The van der Waals surface area contributed by atoms with Crippen LogP contribution in [0.25, 0.3) is 0 Å². The Kier molecular flexibility index (Phi) is 22.3. The monoisotopic (exact) mass is 873 g/mol. The minimum Gasteiger partial charge on any atom is -0.462 e. The van der Waals surface area contributed by atoms with Crippen LogP contribution in [0.1, 0.15) is 202 Å². The molecule has 3 saturated carbocycles. The molecular weight excluding hydrogens is 779 g/mol. The third-order valence-electron chi connectivity index (χ3n) is 16.7. The number of unbranched alkanes of at least 4 members (excludes halogenated alkanes) is 10. The van der Waals surface area contributed by atoms with Gasteiger partial charge in [-0.15, -0.1) is 0 Å². The quantitative estimate of drug-likeness (QED) is 0.0241. The molecule has 4 aliphatic carbocycles. The molecule has 1 unspecified atom stereocenters. The van der Waals surface area contributed by atoms with Gasteiger partial charge in [0.15, 0.2) is 6.10 Å². The summed E-state index contributed by atoms with van der Waals surface area (Å²) in [5.41, 5.74) is 2.12. The lowest BCUT2D eigenvalue weighted by molar-refractivity contribution is -0.912. The van der Waals surface area contributed by atoms with Crippen LogP contribution >= 0.6 is 0 Å². The third kappa shape index (κ3) is 15.6. The van der Waals surface area contributed by atoms with E-state index in [0.717, 1.165) is 74.5 Å². The van der Waals surface area contributed by atoms with E-state index in [9.17, 15) is 24.6 Å². The van der Waals surface area contributed by atoms with Crippen molar-refractivity contribution in [3.63, 3.8) is 0 Å². The molecule has 0 aromatic rings. The van der Waals surface area contributed by atoms with Crippen LogP contribution in [0.2, 0.25) is 0 Å². The van der Waals surface area contributed by atoms with E-state index >= 15 is 0 Å². The van der Waals surface area contributed by atoms with Gasteiger partial charge >= 0.3 is 17.9 Å². The molecule has 4 rings (SSSR count). The van der Waals surface area contributed by atoms with Crippen molar-refractivity contribution in [1.82, 2.24) is 0 Å². The summed E-state index contributed by atoms with van der Waals surface area (Å²) < 4.78 is 17.8. The fraction of sp³-hybridized carbons (Fsp3) is 0.906. The predicted octanol–water partition coefficient (Wildman–Crippen LogP) is 11.3. The van der Waals surface area contributed by atoms with E-state index in [4.69, 9.17) is 14.2 Å². The maximum absolute atomic E-state index is 13.1. The average molecular weight is 873 g/mol. The molecule has 358 valence electrons. The number of hydrogen-bond donors (Lipinski definition) is 2. The zero-order valence-corrected chi connectivity index (χ0v) is 40.9. The number of aliphatic hydroxyl groups is 2. The Balaban J connectivity index is 1.20. The number of quaternary nitrogens is 1. The van der Waals surface area contributed by atoms with Crippen LogP contribution in [-0.2, 0) is 28.6 Å². The lowest BCUT2D eigenvalue weighted by Gasteiger charge is -2.58. The first-order valence-corrected chi connectivity index (χ1v) is 26.0. The number of fused-ring (bicyclic) bond motifs is 5. The molecule has 9 heteroatoms. The van der Waals surface area contributed by atoms with Gasteiger partial charge in [-0.1, -0.05) is 137 Å². The molecular formula is C53H94NO8+. The van der Waals surface area contributed by atoms with Crippen LogP contribution in [0.4, 0.5) is 0 Å². The van der Waals surface area contributed by atoms with E-state index in [2.05, 4.69) is 47.6 Å². The number of hydrogen-bond acceptors (Lipinski definition) is 8. The molecule has 0 saturated heterocycles. The number of esters is 3. The molecule has 0 bridgehead atoms. The smallest absolute Gasteiger partial charge is 0.306 e. The van der Waals surface area contributed by atoms with Crippen LogP contribution in [0.5, 0.6) is 0 Å². The highest BCUT2D eigenvalue weighted by molar-refractivity contribution is 5.77. The topological polar surface area (TPSA) is 119 Å². The molecule has 0 aliphatic heterocycles. The summed E-state index contributed by atoms with van der Waals surface area (Å²) in [6, 6.07) is 0. The van der Waals surface area contributed by atoms with Crippen LogP contribution < -0.4 is 0 Å². The molecule has 9 atom stereocenters. The van der Waals surface area contributed by atoms with Gasteiger partial charge < -0.3 is 28.9 Å². The Morgan fingerprint density at radius 3 is 2.05 bits per heavy atom. The molecule has 0 heterocycles. The maximum Gasteiger partial charge on any atom is 0.306 e. The minimum absolute atomic E-state index is 0.0558. The van der Waals surface area contributed by atoms with E-state index in [1.54, 1.807) is 0 Å². The molecule has 62 heavy (non-hydrogen) atoms. The first-order valence-electron chi connectivity index (χ1n) is 26.0. The molecule has 0 aromatic heterocycles. The zero-order valence-electron chi connectivity index (χ0n) is 40.9. The Morgan fingerprint density at radius 2 is 1.40 bits per heavy atom. The minimum atomic E-state index is -0.731. The number of carbonyl (C=O) groups is 3. The molecule has 0 radical (unpaired) electrons. The van der Waals surface area contributed by atoms with Gasteiger partial charge in [0.1, 0.15) is 32.3 Å². The average Bonchev–Trinajstić information content (AvgIpc) is 3.58. The van der Waals surface area contributed by atoms with Crippen LogP contribution in [0.15, 0.2) is 11.6 Å². The summed E-state index contributed by atoms with van der Waals surface area (Å²) in [5, 5.41) is 19.4. The van der Waals surface area contributed by atoms with Crippen molar-refractivity contribution < 1.29 is 43.3 Å². The second kappa shape index (κ2) is 26.2. The van der Waals surface area contributed by atoms with E-state index in [1.807, 2.05) is 7.05 Å². The Bertz CT molecular complexity index is 1370. The van der Waals surface area contributed by atoms with Crippen LogP contribution in [0, 0.1) is 46.3 Å². The fourth-order valence-corrected chi connectivity index (χ4v) is 13.0. The van der Waals surface area contributed by atoms with E-state index in [0.29, 0.717) is 30.8 Å². The summed E-state index contributed by atoms with van der Waals surface area (Å²) in [7, 11) is 1.89. The Morgan fingerprint density at radius 1 is 0.758 bits per heavy atom. The molecule has 2 N–H and O–H groups in total. The van der Waals surface area contributed by atoms with Crippen LogP contribution in [-0.4, -0.2) is 91.3 Å². The van der Waals surface area contributed by atoms with Crippen molar-refractivity contribution in [2.75, 3.05) is 46.5 Å². The molecule has 9 nitrogen and oxygen atoms in total. The van der Waals surface area contributed by atoms with Crippen molar-refractivity contribution >= 4 is 17.9 Å². The summed E-state index contributed by atoms with van der Waals surface area (Å²) >= 11 is 0. The van der Waals surface area contributed by atoms with Crippen molar-refractivity contribution in [2.24, 2.45) is 46.3 Å². The largest absolute Gasteiger partial charge is 0.462 e. The maximum atomic E-state index is 13.1. The number of rotatable bonds is 30. The van der Waals surface area contributed by atoms with E-state index < -0.39 is 12.1 Å². The first kappa shape index (κ1) is 52.7. The lowest BCUT2D eigenvalue weighted by atomic mass is 9.47. The Labute approximate surface area is 378 Å². The molecule has 0 spiro atoms. The van der Waals surface area contributed by atoms with E-state index in [-0.39, 0.29) is 67.1 Å².